The van der Waals surface area contributed by atoms with E-state index in [2.05, 4.69) is 4.98 Å². The molecule has 0 amide bonds. The lowest BCUT2D eigenvalue weighted by molar-refractivity contribution is 0.0525. The number of carbonyl (C=O) groups excluding carboxylic acids is 2. The van der Waals surface area contributed by atoms with E-state index in [1.807, 2.05) is 24.3 Å². The highest BCUT2D eigenvalue weighted by atomic mass is 35.5. The van der Waals surface area contributed by atoms with Crippen molar-refractivity contribution in [1.82, 2.24) is 4.98 Å². The van der Waals surface area contributed by atoms with Crippen molar-refractivity contribution in [2.24, 2.45) is 0 Å². The molecule has 0 aliphatic carbocycles. The molecule has 1 aromatic heterocycles. The van der Waals surface area contributed by atoms with Gasteiger partial charge in [0.1, 0.15) is 12.4 Å². The summed E-state index contributed by atoms with van der Waals surface area (Å²) in [5.74, 6) is -0.458. The second-order valence-electron chi connectivity index (χ2n) is 7.25. The molecule has 172 valence electrons. The van der Waals surface area contributed by atoms with Crippen LogP contribution in [0.5, 0.6) is 5.75 Å². The highest BCUT2D eigenvalue weighted by Gasteiger charge is 2.27. The van der Waals surface area contributed by atoms with Crippen molar-refractivity contribution < 1.29 is 23.8 Å². The summed E-state index contributed by atoms with van der Waals surface area (Å²) < 4.78 is 16.4. The molecule has 0 aliphatic rings. The SMILES string of the molecule is CCOC(=O)c1c(C)nc(C)c(C(=O)OCC)c1-c1ccc(OCc2ccccc2Cl)cc1. The zero-order valence-electron chi connectivity index (χ0n) is 19.1. The maximum absolute atomic E-state index is 12.8. The number of carbonyl (C=O) groups is 2. The summed E-state index contributed by atoms with van der Waals surface area (Å²) in [6.07, 6.45) is 0. The van der Waals surface area contributed by atoms with E-state index in [4.69, 9.17) is 25.8 Å². The average molecular weight is 468 g/mol. The number of halogens is 1. The van der Waals surface area contributed by atoms with Gasteiger partial charge in [-0.2, -0.15) is 0 Å². The molecule has 2 aromatic carbocycles. The van der Waals surface area contributed by atoms with Gasteiger partial charge in [-0.1, -0.05) is 41.9 Å². The second-order valence-corrected chi connectivity index (χ2v) is 7.66. The molecule has 0 atom stereocenters. The highest BCUT2D eigenvalue weighted by Crippen LogP contribution is 2.33. The first kappa shape index (κ1) is 24.3. The van der Waals surface area contributed by atoms with Crippen molar-refractivity contribution >= 4 is 23.5 Å². The zero-order valence-corrected chi connectivity index (χ0v) is 19.9. The molecule has 6 nitrogen and oxygen atoms in total. The fourth-order valence-corrected chi connectivity index (χ4v) is 3.73. The van der Waals surface area contributed by atoms with Crippen LogP contribution in [0.3, 0.4) is 0 Å². The molecule has 0 radical (unpaired) electrons. The molecule has 33 heavy (non-hydrogen) atoms. The Kier molecular flexibility index (Phi) is 8.06. The van der Waals surface area contributed by atoms with Gasteiger partial charge in [0, 0.05) is 16.1 Å². The Morgan fingerprint density at radius 2 is 1.39 bits per heavy atom. The largest absolute Gasteiger partial charge is 0.489 e. The Bertz CT molecular complexity index is 1120. The molecule has 7 heteroatoms. The predicted octanol–water partition coefficient (Wildman–Crippen LogP) is 5.95. The summed E-state index contributed by atoms with van der Waals surface area (Å²) in [7, 11) is 0. The summed E-state index contributed by atoms with van der Waals surface area (Å²) in [5, 5.41) is 0.634. The van der Waals surface area contributed by atoms with Crippen molar-refractivity contribution in [2.45, 2.75) is 34.3 Å². The number of benzene rings is 2. The van der Waals surface area contributed by atoms with Gasteiger partial charge in [0.05, 0.1) is 35.7 Å². The standard InChI is InChI=1S/C26H26ClNO5/c1-5-31-25(29)22-16(3)28-17(4)23(26(30)32-6-2)24(22)18-11-13-20(14-12-18)33-15-19-9-7-8-10-21(19)27/h7-14H,5-6,15H2,1-4H3. The first-order valence-corrected chi connectivity index (χ1v) is 11.1. The van der Waals surface area contributed by atoms with Crippen LogP contribution in [0.25, 0.3) is 11.1 Å². The molecule has 3 aromatic rings. The van der Waals surface area contributed by atoms with Gasteiger partial charge in [-0.05, 0) is 51.5 Å². The molecule has 3 rings (SSSR count). The van der Waals surface area contributed by atoms with E-state index in [9.17, 15) is 9.59 Å². The van der Waals surface area contributed by atoms with Crippen LogP contribution >= 0.6 is 11.6 Å². The van der Waals surface area contributed by atoms with Crippen molar-refractivity contribution in [3.63, 3.8) is 0 Å². The smallest absolute Gasteiger partial charge is 0.340 e. The fraction of sp³-hybridized carbons (Fsp3) is 0.269. The van der Waals surface area contributed by atoms with E-state index in [1.165, 1.54) is 0 Å². The van der Waals surface area contributed by atoms with E-state index in [-0.39, 0.29) is 24.3 Å². The number of hydrogen-bond donors (Lipinski definition) is 0. The molecule has 0 N–H and O–H groups in total. The van der Waals surface area contributed by atoms with Gasteiger partial charge in [-0.15, -0.1) is 0 Å². The van der Waals surface area contributed by atoms with Gasteiger partial charge < -0.3 is 14.2 Å². The van der Waals surface area contributed by atoms with E-state index in [1.54, 1.807) is 52.0 Å². The van der Waals surface area contributed by atoms with Gasteiger partial charge in [-0.3, -0.25) is 4.98 Å². The lowest BCUT2D eigenvalue weighted by atomic mass is 9.92. The number of aryl methyl sites for hydroxylation is 2. The molecule has 0 fully saturated rings. The van der Waals surface area contributed by atoms with Crippen LogP contribution in [0.15, 0.2) is 48.5 Å². The minimum atomic E-state index is -0.540. The lowest BCUT2D eigenvalue weighted by Gasteiger charge is -2.18. The van der Waals surface area contributed by atoms with Gasteiger partial charge in [0.2, 0.25) is 0 Å². The van der Waals surface area contributed by atoms with Crippen molar-refractivity contribution in [3.05, 3.63) is 81.6 Å². The van der Waals surface area contributed by atoms with E-state index >= 15 is 0 Å². The topological polar surface area (TPSA) is 74.7 Å². The zero-order chi connectivity index (χ0) is 24.0. The number of rotatable bonds is 8. The summed E-state index contributed by atoms with van der Waals surface area (Å²) in [6, 6.07) is 14.6. The van der Waals surface area contributed by atoms with Crippen LogP contribution in [0.4, 0.5) is 0 Å². The van der Waals surface area contributed by atoms with Crippen LogP contribution in [0, 0.1) is 13.8 Å². The Labute approximate surface area is 198 Å². The van der Waals surface area contributed by atoms with E-state index in [0.29, 0.717) is 39.9 Å². The molecule has 0 spiro atoms. The normalized spacial score (nSPS) is 10.6. The molecular weight excluding hydrogens is 442 g/mol. The Hall–Kier alpha value is -3.38. The van der Waals surface area contributed by atoms with Crippen LogP contribution in [-0.2, 0) is 16.1 Å². The molecule has 0 aliphatic heterocycles. The molecular formula is C26H26ClNO5. The third-order valence-corrected chi connectivity index (χ3v) is 5.38. The predicted molar refractivity (Wildman–Crippen MR) is 127 cm³/mol. The average Bonchev–Trinajstić information content (AvgIpc) is 2.78. The minimum Gasteiger partial charge on any atom is -0.489 e. The van der Waals surface area contributed by atoms with Crippen LogP contribution in [0.2, 0.25) is 5.02 Å². The van der Waals surface area contributed by atoms with Gasteiger partial charge in [0.25, 0.3) is 0 Å². The number of hydrogen-bond acceptors (Lipinski definition) is 6. The van der Waals surface area contributed by atoms with E-state index in [0.717, 1.165) is 5.56 Å². The maximum Gasteiger partial charge on any atom is 0.340 e. The Balaban J connectivity index is 2.03. The fourth-order valence-electron chi connectivity index (χ4n) is 3.54. The molecule has 1 heterocycles. The summed E-state index contributed by atoms with van der Waals surface area (Å²) in [4.78, 5) is 30.0. The van der Waals surface area contributed by atoms with E-state index < -0.39 is 11.9 Å². The second kappa shape index (κ2) is 11.0. The van der Waals surface area contributed by atoms with Crippen molar-refractivity contribution in [3.8, 4) is 16.9 Å². The molecule has 0 saturated heterocycles. The van der Waals surface area contributed by atoms with Crippen molar-refractivity contribution in [1.29, 1.82) is 0 Å². The number of aromatic nitrogens is 1. The third kappa shape index (κ3) is 5.52. The van der Waals surface area contributed by atoms with Gasteiger partial charge >= 0.3 is 11.9 Å². The lowest BCUT2D eigenvalue weighted by Crippen LogP contribution is -2.17. The number of pyridine rings is 1. The first-order valence-electron chi connectivity index (χ1n) is 10.7. The van der Waals surface area contributed by atoms with Crippen LogP contribution in [0.1, 0.15) is 51.5 Å². The monoisotopic (exact) mass is 467 g/mol. The first-order chi connectivity index (χ1) is 15.9. The molecule has 0 saturated carbocycles. The summed E-state index contributed by atoms with van der Waals surface area (Å²) in [6.45, 7) is 7.62. The van der Waals surface area contributed by atoms with Crippen molar-refractivity contribution in [2.75, 3.05) is 13.2 Å². The van der Waals surface area contributed by atoms with Crippen LogP contribution in [-0.4, -0.2) is 30.1 Å². The summed E-state index contributed by atoms with van der Waals surface area (Å²) >= 11 is 6.20. The summed E-state index contributed by atoms with van der Waals surface area (Å²) in [5.41, 5.74) is 3.42. The highest BCUT2D eigenvalue weighted by molar-refractivity contribution is 6.31. The third-order valence-electron chi connectivity index (χ3n) is 5.01. The van der Waals surface area contributed by atoms with Gasteiger partial charge in [-0.25, -0.2) is 9.59 Å². The minimum absolute atomic E-state index is 0.204. The Morgan fingerprint density at radius 3 is 1.91 bits per heavy atom. The maximum atomic E-state index is 12.8. The number of ether oxygens (including phenoxy) is 3. The molecule has 0 unspecified atom stereocenters. The van der Waals surface area contributed by atoms with Crippen LogP contribution < -0.4 is 4.74 Å². The number of nitrogens with zero attached hydrogens (tertiary/aromatic N) is 1. The quantitative estimate of drug-likeness (QED) is 0.381. The molecule has 0 bridgehead atoms. The van der Waals surface area contributed by atoms with Gasteiger partial charge in [0.15, 0.2) is 0 Å². The Morgan fingerprint density at radius 1 is 0.848 bits per heavy atom. The number of esters is 2.